The van der Waals surface area contributed by atoms with Crippen LogP contribution in [0.1, 0.15) is 16.1 Å². The van der Waals surface area contributed by atoms with Crippen molar-refractivity contribution < 1.29 is 22.7 Å². The van der Waals surface area contributed by atoms with E-state index < -0.39 is 23.2 Å². The first-order chi connectivity index (χ1) is 17.6. The van der Waals surface area contributed by atoms with Gasteiger partial charge in [0.1, 0.15) is 11.3 Å². The summed E-state index contributed by atoms with van der Waals surface area (Å²) in [6, 6.07) is 15.9. The minimum atomic E-state index is -4.58. The number of benzene rings is 3. The first-order valence-corrected chi connectivity index (χ1v) is 11.3. The van der Waals surface area contributed by atoms with Crippen LogP contribution in [0.4, 0.5) is 18.9 Å². The van der Waals surface area contributed by atoms with Crippen LogP contribution < -0.4 is 15.6 Å². The van der Waals surface area contributed by atoms with Gasteiger partial charge in [0.2, 0.25) is 0 Å². The highest BCUT2D eigenvalue weighted by atomic mass is 35.5. The molecule has 0 saturated carbocycles. The predicted octanol–water partition coefficient (Wildman–Crippen LogP) is 5.81. The normalized spacial score (nSPS) is 11.7. The molecule has 1 amide bonds. The molecule has 0 spiro atoms. The van der Waals surface area contributed by atoms with Crippen molar-refractivity contribution in [3.8, 4) is 11.4 Å². The molecule has 0 atom stereocenters. The van der Waals surface area contributed by atoms with Gasteiger partial charge in [0, 0.05) is 29.0 Å². The number of aryl methyl sites for hydroxylation is 1. The number of para-hydroxylation sites is 1. The number of nitrogens with one attached hydrogen (secondary N) is 1. The summed E-state index contributed by atoms with van der Waals surface area (Å²) in [6.45, 7) is 0. The first-order valence-electron chi connectivity index (χ1n) is 10.9. The quantitative estimate of drug-likeness (QED) is 0.320. The van der Waals surface area contributed by atoms with E-state index in [4.69, 9.17) is 16.3 Å². The van der Waals surface area contributed by atoms with E-state index in [1.54, 1.807) is 48.0 Å². The van der Waals surface area contributed by atoms with E-state index in [1.807, 2.05) is 0 Å². The summed E-state index contributed by atoms with van der Waals surface area (Å²) in [6.07, 6.45) is -4.58. The molecule has 5 aromatic rings. The smallest absolute Gasteiger partial charge is 0.416 e. The Bertz CT molecular complexity index is 1760. The minimum Gasteiger partial charge on any atom is -0.495 e. The number of carbonyl (C=O) groups excluding carboxylic acids is 1. The highest BCUT2D eigenvalue weighted by Gasteiger charge is 2.31. The van der Waals surface area contributed by atoms with Crippen molar-refractivity contribution in [2.24, 2.45) is 7.05 Å². The number of carbonyl (C=O) groups is 1. The number of halogens is 4. The average Bonchev–Trinajstić information content (AvgIpc) is 3.17. The molecule has 2 heterocycles. The van der Waals surface area contributed by atoms with E-state index >= 15 is 0 Å². The van der Waals surface area contributed by atoms with Crippen LogP contribution in [0.2, 0.25) is 5.02 Å². The fraction of sp³-hybridized carbons (Fsp3) is 0.115. The van der Waals surface area contributed by atoms with Crippen LogP contribution in [-0.4, -0.2) is 27.4 Å². The van der Waals surface area contributed by atoms with Crippen molar-refractivity contribution >= 4 is 45.0 Å². The van der Waals surface area contributed by atoms with Gasteiger partial charge in [-0.25, -0.2) is 0 Å². The summed E-state index contributed by atoms with van der Waals surface area (Å²) in [7, 11) is 3.13. The largest absolute Gasteiger partial charge is 0.495 e. The highest BCUT2D eigenvalue weighted by molar-refractivity contribution is 6.32. The van der Waals surface area contributed by atoms with Gasteiger partial charge in [-0.3, -0.25) is 9.59 Å². The third kappa shape index (κ3) is 4.19. The van der Waals surface area contributed by atoms with Crippen LogP contribution in [0.15, 0.2) is 71.5 Å². The molecule has 0 saturated heterocycles. The Hall–Kier alpha value is -4.31. The van der Waals surface area contributed by atoms with Gasteiger partial charge < -0.3 is 14.6 Å². The standard InChI is InChI=1S/C26H18ClF3N4O3/c1-33-19-9-4-3-8-17(19)21-22(24(35)31-15-7-5-6-14(12-15)26(28,29)30)32-34(25(36)23(21)33)16-10-11-20(37-2)18(27)13-16/h3-13H,1-2H3,(H,31,35). The van der Waals surface area contributed by atoms with Crippen LogP contribution in [0, 0.1) is 0 Å². The van der Waals surface area contributed by atoms with Crippen molar-refractivity contribution in [2.45, 2.75) is 6.18 Å². The number of aromatic nitrogens is 3. The first kappa shape index (κ1) is 24.4. The second-order valence-corrected chi connectivity index (χ2v) is 8.62. The van der Waals surface area contributed by atoms with Gasteiger partial charge in [0.25, 0.3) is 11.5 Å². The number of anilines is 1. The lowest BCUT2D eigenvalue weighted by atomic mass is 10.1. The second-order valence-electron chi connectivity index (χ2n) is 8.22. The molecule has 3 aromatic carbocycles. The summed E-state index contributed by atoms with van der Waals surface area (Å²) in [5.74, 6) is -0.402. The monoisotopic (exact) mass is 526 g/mol. The molecule has 0 aliphatic rings. The number of nitrogens with zero attached hydrogens (tertiary/aromatic N) is 3. The minimum absolute atomic E-state index is 0.0692. The lowest BCUT2D eigenvalue weighted by Crippen LogP contribution is -2.27. The van der Waals surface area contributed by atoms with Crippen LogP contribution in [0.3, 0.4) is 0 Å². The Labute approximate surface area is 212 Å². The van der Waals surface area contributed by atoms with Gasteiger partial charge in [-0.1, -0.05) is 35.9 Å². The fourth-order valence-electron chi connectivity index (χ4n) is 4.26. The van der Waals surface area contributed by atoms with Crippen LogP contribution >= 0.6 is 11.6 Å². The number of hydrogen-bond donors (Lipinski definition) is 1. The van der Waals surface area contributed by atoms with Crippen LogP contribution in [0.25, 0.3) is 27.5 Å². The number of amides is 1. The van der Waals surface area contributed by atoms with E-state index in [0.29, 0.717) is 16.7 Å². The summed E-state index contributed by atoms with van der Waals surface area (Å²) < 4.78 is 47.5. The molecule has 0 bridgehead atoms. The molecular formula is C26H18ClF3N4O3. The third-order valence-electron chi connectivity index (χ3n) is 5.98. The highest BCUT2D eigenvalue weighted by Crippen LogP contribution is 2.32. The fourth-order valence-corrected chi connectivity index (χ4v) is 4.52. The van der Waals surface area contributed by atoms with Gasteiger partial charge in [0.05, 0.1) is 23.4 Å². The van der Waals surface area contributed by atoms with Crippen molar-refractivity contribution in [1.29, 1.82) is 0 Å². The number of rotatable bonds is 4. The molecule has 11 heteroatoms. The van der Waals surface area contributed by atoms with Gasteiger partial charge in [-0.05, 0) is 42.5 Å². The van der Waals surface area contributed by atoms with E-state index in [9.17, 15) is 22.8 Å². The molecule has 37 heavy (non-hydrogen) atoms. The molecule has 0 aliphatic heterocycles. The van der Waals surface area contributed by atoms with Gasteiger partial charge >= 0.3 is 6.18 Å². The lowest BCUT2D eigenvalue weighted by Gasteiger charge is -2.13. The van der Waals surface area contributed by atoms with Gasteiger partial charge in [-0.2, -0.15) is 23.0 Å². The van der Waals surface area contributed by atoms with Crippen LogP contribution in [-0.2, 0) is 13.2 Å². The van der Waals surface area contributed by atoms with Crippen LogP contribution in [0.5, 0.6) is 5.75 Å². The van der Waals surface area contributed by atoms with E-state index in [0.717, 1.165) is 16.8 Å². The zero-order chi connectivity index (χ0) is 26.5. The predicted molar refractivity (Wildman–Crippen MR) is 135 cm³/mol. The maximum atomic E-state index is 13.6. The molecule has 188 valence electrons. The third-order valence-corrected chi connectivity index (χ3v) is 6.28. The average molecular weight is 527 g/mol. The number of alkyl halides is 3. The summed E-state index contributed by atoms with van der Waals surface area (Å²) in [4.78, 5) is 27.1. The Morgan fingerprint density at radius 3 is 2.51 bits per heavy atom. The molecule has 0 unspecified atom stereocenters. The van der Waals surface area contributed by atoms with Crippen molar-refractivity contribution in [3.05, 3.63) is 93.4 Å². The maximum absolute atomic E-state index is 13.6. The molecule has 0 radical (unpaired) electrons. The SMILES string of the molecule is COc1ccc(-n2nc(C(=O)Nc3cccc(C(F)(F)F)c3)c3c4ccccc4n(C)c3c2=O)cc1Cl. The van der Waals surface area contributed by atoms with Gasteiger partial charge in [-0.15, -0.1) is 0 Å². The molecule has 0 aliphatic carbocycles. The van der Waals surface area contributed by atoms with E-state index in [2.05, 4.69) is 10.4 Å². The Kier molecular flexibility index (Phi) is 5.91. The molecule has 2 aromatic heterocycles. The number of ether oxygens (including phenoxy) is 1. The Morgan fingerprint density at radius 1 is 1.05 bits per heavy atom. The summed E-state index contributed by atoms with van der Waals surface area (Å²) in [5, 5.41) is 7.95. The van der Waals surface area contributed by atoms with Crippen molar-refractivity contribution in [3.63, 3.8) is 0 Å². The second kappa shape index (κ2) is 8.97. The summed E-state index contributed by atoms with van der Waals surface area (Å²) in [5.41, 5.74) is -0.489. The zero-order valence-corrected chi connectivity index (χ0v) is 20.2. The molecule has 1 N–H and O–H groups in total. The zero-order valence-electron chi connectivity index (χ0n) is 19.4. The Balaban J connectivity index is 1.74. The topological polar surface area (TPSA) is 78.2 Å². The summed E-state index contributed by atoms with van der Waals surface area (Å²) >= 11 is 6.26. The number of hydrogen-bond acceptors (Lipinski definition) is 4. The molecule has 0 fully saturated rings. The number of methoxy groups -OCH3 is 1. The van der Waals surface area contributed by atoms with Crippen molar-refractivity contribution in [2.75, 3.05) is 12.4 Å². The van der Waals surface area contributed by atoms with Gasteiger partial charge in [0.15, 0.2) is 5.69 Å². The maximum Gasteiger partial charge on any atom is 0.416 e. The van der Waals surface area contributed by atoms with Crippen molar-refractivity contribution in [1.82, 2.24) is 14.3 Å². The van der Waals surface area contributed by atoms with E-state index in [-0.39, 0.29) is 33.0 Å². The lowest BCUT2D eigenvalue weighted by molar-refractivity contribution is -0.137. The molecule has 5 rings (SSSR count). The molecular weight excluding hydrogens is 509 g/mol. The Morgan fingerprint density at radius 2 is 1.81 bits per heavy atom. The number of fused-ring (bicyclic) bond motifs is 3. The van der Waals surface area contributed by atoms with E-state index in [1.165, 1.54) is 25.3 Å². The molecule has 7 nitrogen and oxygen atoms in total.